The minimum absolute atomic E-state index is 0.204. The van der Waals surface area contributed by atoms with Crippen LogP contribution < -0.4 is 0 Å². The molecule has 0 saturated carbocycles. The monoisotopic (exact) mass is 255 g/mol. The van der Waals surface area contributed by atoms with Crippen LogP contribution in [0.3, 0.4) is 0 Å². The van der Waals surface area contributed by atoms with E-state index in [4.69, 9.17) is 21.1 Å². The van der Waals surface area contributed by atoms with Gasteiger partial charge in [0.15, 0.2) is 0 Å². The molecule has 0 atom stereocenters. The van der Waals surface area contributed by atoms with Crippen molar-refractivity contribution >= 4 is 17.7 Å². The lowest BCUT2D eigenvalue weighted by molar-refractivity contribution is 0.0250. The van der Waals surface area contributed by atoms with Gasteiger partial charge < -0.3 is 14.4 Å². The van der Waals surface area contributed by atoms with Gasteiger partial charge in [0, 0.05) is 23.7 Å². The van der Waals surface area contributed by atoms with Crippen LogP contribution in [0.15, 0.2) is 24.3 Å². The van der Waals surface area contributed by atoms with Gasteiger partial charge in [0.05, 0.1) is 13.2 Å². The van der Waals surface area contributed by atoms with E-state index < -0.39 is 0 Å². The molecule has 4 nitrogen and oxygen atoms in total. The minimum Gasteiger partial charge on any atom is -0.444 e. The fraction of sp³-hybridized carbons (Fsp3) is 0.417. The number of hydrogen-bond acceptors (Lipinski definition) is 3. The molecule has 1 aromatic carbocycles. The van der Waals surface area contributed by atoms with Crippen LogP contribution in [-0.2, 0) is 16.1 Å². The Morgan fingerprint density at radius 2 is 2.06 bits per heavy atom. The highest BCUT2D eigenvalue weighted by molar-refractivity contribution is 6.31. The van der Waals surface area contributed by atoms with Crippen molar-refractivity contribution in [2.75, 3.05) is 26.3 Å². The summed E-state index contributed by atoms with van der Waals surface area (Å²) < 4.78 is 10.4. The number of halogens is 1. The summed E-state index contributed by atoms with van der Waals surface area (Å²) >= 11 is 5.97. The maximum absolute atomic E-state index is 11.7. The molecule has 1 amide bonds. The Kier molecular flexibility index (Phi) is 4.23. The zero-order chi connectivity index (χ0) is 12.1. The molecule has 0 spiro atoms. The molecule has 2 rings (SSSR count). The normalized spacial score (nSPS) is 15.7. The average molecular weight is 256 g/mol. The van der Waals surface area contributed by atoms with E-state index in [-0.39, 0.29) is 12.7 Å². The maximum atomic E-state index is 11.7. The van der Waals surface area contributed by atoms with Crippen LogP contribution >= 0.6 is 11.6 Å². The first-order valence-corrected chi connectivity index (χ1v) is 5.88. The number of morpholine rings is 1. The average Bonchev–Trinajstić information content (AvgIpc) is 2.38. The van der Waals surface area contributed by atoms with Gasteiger partial charge >= 0.3 is 6.09 Å². The summed E-state index contributed by atoms with van der Waals surface area (Å²) in [5.74, 6) is 0. The maximum Gasteiger partial charge on any atom is 0.410 e. The first-order chi connectivity index (χ1) is 8.27. The second-order valence-corrected chi connectivity index (χ2v) is 4.15. The van der Waals surface area contributed by atoms with Crippen LogP contribution in [0.4, 0.5) is 4.79 Å². The molecule has 0 aliphatic carbocycles. The minimum atomic E-state index is -0.312. The van der Waals surface area contributed by atoms with E-state index in [0.717, 1.165) is 5.56 Å². The first kappa shape index (κ1) is 12.2. The zero-order valence-corrected chi connectivity index (χ0v) is 10.2. The summed E-state index contributed by atoms with van der Waals surface area (Å²) in [7, 11) is 0. The second kappa shape index (κ2) is 5.89. The van der Waals surface area contributed by atoms with Crippen LogP contribution in [-0.4, -0.2) is 37.3 Å². The Hall–Kier alpha value is -1.26. The molecule has 1 aliphatic heterocycles. The number of amides is 1. The van der Waals surface area contributed by atoms with E-state index in [1.807, 2.05) is 18.2 Å². The smallest absolute Gasteiger partial charge is 0.410 e. The van der Waals surface area contributed by atoms with E-state index >= 15 is 0 Å². The van der Waals surface area contributed by atoms with Crippen LogP contribution in [0.5, 0.6) is 0 Å². The van der Waals surface area contributed by atoms with Gasteiger partial charge in [-0.05, 0) is 6.07 Å². The van der Waals surface area contributed by atoms with Crippen LogP contribution in [0.1, 0.15) is 5.56 Å². The zero-order valence-electron chi connectivity index (χ0n) is 9.39. The van der Waals surface area contributed by atoms with Gasteiger partial charge in [-0.25, -0.2) is 4.79 Å². The molecule has 1 saturated heterocycles. The highest BCUT2D eigenvalue weighted by atomic mass is 35.5. The fourth-order valence-electron chi connectivity index (χ4n) is 1.59. The third-order valence-corrected chi connectivity index (χ3v) is 2.95. The molecule has 5 heteroatoms. The quantitative estimate of drug-likeness (QED) is 0.814. The number of benzene rings is 1. The standard InChI is InChI=1S/C12H14ClNO3/c13-11-4-2-1-3-10(11)9-17-12(15)14-5-7-16-8-6-14/h1-4H,5-9H2. The molecule has 0 bridgehead atoms. The Bertz CT molecular complexity index is 391. The third kappa shape index (κ3) is 3.35. The molecular weight excluding hydrogens is 242 g/mol. The number of carbonyl (C=O) groups is 1. The topological polar surface area (TPSA) is 38.8 Å². The molecule has 1 aliphatic rings. The summed E-state index contributed by atoms with van der Waals surface area (Å²) in [6.45, 7) is 2.51. The van der Waals surface area contributed by atoms with E-state index in [2.05, 4.69) is 0 Å². The van der Waals surface area contributed by atoms with E-state index in [9.17, 15) is 4.79 Å². The number of nitrogens with zero attached hydrogens (tertiary/aromatic N) is 1. The Balaban J connectivity index is 1.85. The lowest BCUT2D eigenvalue weighted by atomic mass is 10.2. The molecule has 92 valence electrons. The number of rotatable bonds is 2. The number of carbonyl (C=O) groups excluding carboxylic acids is 1. The lowest BCUT2D eigenvalue weighted by Crippen LogP contribution is -2.40. The van der Waals surface area contributed by atoms with E-state index in [1.165, 1.54) is 0 Å². The SMILES string of the molecule is O=C(OCc1ccccc1Cl)N1CCOCC1. The molecule has 1 fully saturated rings. The number of hydrogen-bond donors (Lipinski definition) is 0. The van der Waals surface area contributed by atoms with Crippen molar-refractivity contribution in [3.05, 3.63) is 34.9 Å². The summed E-state index contributed by atoms with van der Waals surface area (Å²) in [6, 6.07) is 7.33. The fourth-order valence-corrected chi connectivity index (χ4v) is 1.78. The Morgan fingerprint density at radius 3 is 2.76 bits per heavy atom. The molecule has 0 unspecified atom stereocenters. The van der Waals surface area contributed by atoms with Crippen molar-refractivity contribution in [3.8, 4) is 0 Å². The Labute approximate surface area is 105 Å². The molecular formula is C12H14ClNO3. The van der Waals surface area contributed by atoms with Gasteiger partial charge in [0.25, 0.3) is 0 Å². The van der Waals surface area contributed by atoms with Crippen molar-refractivity contribution in [1.82, 2.24) is 4.90 Å². The predicted octanol–water partition coefficient (Wildman–Crippen LogP) is 2.31. The molecule has 0 aromatic heterocycles. The highest BCUT2D eigenvalue weighted by Crippen LogP contribution is 2.16. The predicted molar refractivity (Wildman–Crippen MR) is 64.0 cm³/mol. The van der Waals surface area contributed by atoms with Crippen molar-refractivity contribution in [3.63, 3.8) is 0 Å². The van der Waals surface area contributed by atoms with Crippen LogP contribution in [0.25, 0.3) is 0 Å². The van der Waals surface area contributed by atoms with Crippen LogP contribution in [0, 0.1) is 0 Å². The van der Waals surface area contributed by atoms with Gasteiger partial charge in [0.2, 0.25) is 0 Å². The third-order valence-electron chi connectivity index (χ3n) is 2.58. The van der Waals surface area contributed by atoms with E-state index in [1.54, 1.807) is 11.0 Å². The lowest BCUT2D eigenvalue weighted by Gasteiger charge is -2.26. The van der Waals surface area contributed by atoms with Gasteiger partial charge in [-0.3, -0.25) is 0 Å². The van der Waals surface area contributed by atoms with Crippen molar-refractivity contribution < 1.29 is 14.3 Å². The molecule has 1 aromatic rings. The molecule has 0 N–H and O–H groups in total. The molecule has 1 heterocycles. The van der Waals surface area contributed by atoms with Crippen LogP contribution in [0.2, 0.25) is 5.02 Å². The van der Waals surface area contributed by atoms with Crippen molar-refractivity contribution in [2.24, 2.45) is 0 Å². The second-order valence-electron chi connectivity index (χ2n) is 3.75. The van der Waals surface area contributed by atoms with Gasteiger partial charge in [-0.15, -0.1) is 0 Å². The van der Waals surface area contributed by atoms with Crippen molar-refractivity contribution in [1.29, 1.82) is 0 Å². The molecule has 17 heavy (non-hydrogen) atoms. The van der Waals surface area contributed by atoms with Gasteiger partial charge in [-0.2, -0.15) is 0 Å². The summed E-state index contributed by atoms with van der Waals surface area (Å²) in [5.41, 5.74) is 0.816. The summed E-state index contributed by atoms with van der Waals surface area (Å²) in [5, 5.41) is 0.613. The van der Waals surface area contributed by atoms with Gasteiger partial charge in [0.1, 0.15) is 6.61 Å². The molecule has 0 radical (unpaired) electrons. The Morgan fingerprint density at radius 1 is 1.35 bits per heavy atom. The largest absolute Gasteiger partial charge is 0.444 e. The number of ether oxygens (including phenoxy) is 2. The van der Waals surface area contributed by atoms with Gasteiger partial charge in [-0.1, -0.05) is 29.8 Å². The first-order valence-electron chi connectivity index (χ1n) is 5.50. The summed E-state index contributed by atoms with van der Waals surface area (Å²) in [6.07, 6.45) is -0.312. The van der Waals surface area contributed by atoms with Crippen molar-refractivity contribution in [2.45, 2.75) is 6.61 Å². The van der Waals surface area contributed by atoms with E-state index in [0.29, 0.717) is 31.3 Å². The summed E-state index contributed by atoms with van der Waals surface area (Å²) in [4.78, 5) is 13.3. The highest BCUT2D eigenvalue weighted by Gasteiger charge is 2.18.